The van der Waals surface area contributed by atoms with Crippen molar-refractivity contribution in [2.75, 3.05) is 26.2 Å². The molecular weight excluding hydrogens is 436 g/mol. The van der Waals surface area contributed by atoms with E-state index >= 15 is 0 Å². The lowest BCUT2D eigenvalue weighted by Gasteiger charge is -2.28. The Morgan fingerprint density at radius 2 is 1.91 bits per heavy atom. The summed E-state index contributed by atoms with van der Waals surface area (Å²) in [5.41, 5.74) is 5.77. The predicted octanol–water partition coefficient (Wildman–Crippen LogP) is 5.63. The normalized spacial score (nSPS) is 16.0. The number of allylic oxidation sites excluding steroid dienone is 4. The highest BCUT2D eigenvalue weighted by Gasteiger charge is 2.32. The molecule has 0 saturated carbocycles. The van der Waals surface area contributed by atoms with Crippen LogP contribution in [0.1, 0.15) is 53.2 Å². The number of aryl methyl sites for hydroxylation is 3. The monoisotopic (exact) mass is 470 g/mol. The number of hydrogen-bond acceptors (Lipinski definition) is 4. The van der Waals surface area contributed by atoms with Crippen molar-refractivity contribution < 1.29 is 9.53 Å². The van der Waals surface area contributed by atoms with E-state index in [1.54, 1.807) is 0 Å². The number of hydrogen-bond donors (Lipinski definition) is 1. The number of rotatable bonds is 6. The van der Waals surface area contributed by atoms with Gasteiger partial charge in [0, 0.05) is 43.5 Å². The maximum atomic E-state index is 14.2. The van der Waals surface area contributed by atoms with Gasteiger partial charge in [0.25, 0.3) is 5.91 Å². The molecule has 1 aliphatic heterocycles. The highest BCUT2D eigenvalue weighted by Crippen LogP contribution is 2.42. The Bertz CT molecular complexity index is 1290. The summed E-state index contributed by atoms with van der Waals surface area (Å²) < 4.78 is 8.88. The van der Waals surface area contributed by atoms with Crippen LogP contribution >= 0.6 is 0 Å². The van der Waals surface area contributed by atoms with Gasteiger partial charge in [-0.05, 0) is 61.9 Å². The second kappa shape index (κ2) is 10.1. The van der Waals surface area contributed by atoms with E-state index < -0.39 is 0 Å². The van der Waals surface area contributed by atoms with Crippen molar-refractivity contribution in [1.29, 1.82) is 0 Å². The van der Waals surface area contributed by atoms with E-state index in [-0.39, 0.29) is 5.91 Å². The summed E-state index contributed by atoms with van der Waals surface area (Å²) in [6, 6.07) is 8.20. The molecule has 1 fully saturated rings. The van der Waals surface area contributed by atoms with Gasteiger partial charge in [-0.15, -0.1) is 0 Å². The van der Waals surface area contributed by atoms with Crippen LogP contribution in [0, 0.1) is 13.8 Å². The van der Waals surface area contributed by atoms with E-state index in [0.717, 1.165) is 77.9 Å². The first-order valence-corrected chi connectivity index (χ1v) is 12.7. The molecule has 1 aliphatic carbocycles. The van der Waals surface area contributed by atoms with Gasteiger partial charge in [-0.1, -0.05) is 43.7 Å². The predicted molar refractivity (Wildman–Crippen MR) is 141 cm³/mol. The molecule has 3 aromatic rings. The summed E-state index contributed by atoms with van der Waals surface area (Å²) in [5.74, 6) is 1.40. The van der Waals surface area contributed by atoms with Gasteiger partial charge in [0.1, 0.15) is 17.0 Å². The molecule has 6 nitrogen and oxygen atoms in total. The fraction of sp³-hybridized carbons (Fsp3) is 0.379. The maximum absolute atomic E-state index is 14.2. The number of nitrogens with one attached hydrogen (secondary N) is 1. The van der Waals surface area contributed by atoms with Crippen LogP contribution in [0.5, 0.6) is 11.6 Å². The molecule has 2 aromatic heterocycles. The first-order valence-electron chi connectivity index (χ1n) is 12.7. The minimum absolute atomic E-state index is 0.0220. The van der Waals surface area contributed by atoms with E-state index in [9.17, 15) is 4.79 Å². The summed E-state index contributed by atoms with van der Waals surface area (Å²) in [5, 5.41) is 4.28. The molecule has 1 saturated heterocycles. The smallest absolute Gasteiger partial charge is 0.260 e. The molecule has 2 aliphatic rings. The SMILES string of the molecule is CCCc1ccnc2c1c(C(=O)N1CCNCC1)c(Oc1c(C)cccc1C)n2C1=CC=CCC1. The molecule has 1 amide bonds. The molecule has 0 unspecified atom stereocenters. The number of aromatic nitrogens is 2. The molecule has 0 radical (unpaired) electrons. The van der Waals surface area contributed by atoms with Crippen LogP contribution in [0.2, 0.25) is 0 Å². The van der Waals surface area contributed by atoms with Gasteiger partial charge in [0.05, 0.1) is 0 Å². The van der Waals surface area contributed by atoms with Gasteiger partial charge in [-0.25, -0.2) is 4.98 Å². The number of fused-ring (bicyclic) bond motifs is 1. The van der Waals surface area contributed by atoms with Crippen LogP contribution in [-0.2, 0) is 6.42 Å². The first-order chi connectivity index (χ1) is 17.1. The van der Waals surface area contributed by atoms with Crippen molar-refractivity contribution >= 4 is 22.6 Å². The molecule has 0 spiro atoms. The van der Waals surface area contributed by atoms with Crippen LogP contribution in [0.3, 0.4) is 0 Å². The van der Waals surface area contributed by atoms with Crippen molar-refractivity contribution in [3.63, 3.8) is 0 Å². The molecule has 0 atom stereocenters. The Hall–Kier alpha value is -3.38. The Morgan fingerprint density at radius 3 is 2.60 bits per heavy atom. The van der Waals surface area contributed by atoms with E-state index in [1.807, 2.05) is 17.2 Å². The quantitative estimate of drug-likeness (QED) is 0.507. The fourth-order valence-corrected chi connectivity index (χ4v) is 5.14. The number of nitrogens with zero attached hydrogens (tertiary/aromatic N) is 3. The Kier molecular flexibility index (Phi) is 6.73. The van der Waals surface area contributed by atoms with Gasteiger partial charge in [-0.3, -0.25) is 9.36 Å². The molecule has 1 aromatic carbocycles. The molecule has 5 rings (SSSR count). The Balaban J connectivity index is 1.81. The third kappa shape index (κ3) is 4.39. The second-order valence-electron chi connectivity index (χ2n) is 9.42. The Morgan fingerprint density at radius 1 is 1.14 bits per heavy atom. The zero-order valence-electron chi connectivity index (χ0n) is 20.9. The zero-order valence-corrected chi connectivity index (χ0v) is 20.9. The van der Waals surface area contributed by atoms with Crippen molar-refractivity contribution in [3.05, 3.63) is 70.9 Å². The molecule has 1 N–H and O–H groups in total. The second-order valence-corrected chi connectivity index (χ2v) is 9.42. The van der Waals surface area contributed by atoms with Crippen LogP contribution in [0.15, 0.2) is 48.7 Å². The number of carbonyl (C=O) groups excluding carboxylic acids is 1. The number of ether oxygens (including phenoxy) is 1. The maximum Gasteiger partial charge on any atom is 0.260 e. The lowest BCUT2D eigenvalue weighted by Crippen LogP contribution is -2.46. The lowest BCUT2D eigenvalue weighted by atomic mass is 10.0. The van der Waals surface area contributed by atoms with Crippen LogP contribution in [0.25, 0.3) is 16.7 Å². The number of benzene rings is 1. The number of piperazine rings is 1. The topological polar surface area (TPSA) is 59.4 Å². The minimum atomic E-state index is 0.0220. The molecule has 35 heavy (non-hydrogen) atoms. The van der Waals surface area contributed by atoms with Gasteiger partial charge in [0.15, 0.2) is 0 Å². The third-order valence-corrected chi connectivity index (χ3v) is 6.92. The first kappa shape index (κ1) is 23.4. The van der Waals surface area contributed by atoms with Crippen LogP contribution in [-0.4, -0.2) is 46.5 Å². The number of amides is 1. The summed E-state index contributed by atoms with van der Waals surface area (Å²) >= 11 is 0. The van der Waals surface area contributed by atoms with Gasteiger partial charge in [0.2, 0.25) is 5.88 Å². The molecule has 3 heterocycles. The largest absolute Gasteiger partial charge is 0.439 e. The number of carbonyl (C=O) groups is 1. The number of para-hydroxylation sites is 1. The van der Waals surface area contributed by atoms with Gasteiger partial charge >= 0.3 is 0 Å². The lowest BCUT2D eigenvalue weighted by molar-refractivity contribution is 0.0735. The van der Waals surface area contributed by atoms with Crippen molar-refractivity contribution in [2.24, 2.45) is 0 Å². The standard InChI is InChI=1S/C29H34N4O2/c1-4-9-22-14-15-31-27-24(22)25(28(34)32-18-16-30-17-19-32)29(33(27)23-12-6-5-7-13-23)35-26-20(2)10-8-11-21(26)3/h5-6,8,10-12,14-15,30H,4,7,9,13,16-19H2,1-3H3. The highest BCUT2D eigenvalue weighted by atomic mass is 16.5. The fourth-order valence-electron chi connectivity index (χ4n) is 5.14. The molecule has 182 valence electrons. The van der Waals surface area contributed by atoms with Crippen LogP contribution in [0.4, 0.5) is 0 Å². The molecule has 6 heteroatoms. The van der Waals surface area contributed by atoms with Crippen molar-refractivity contribution in [1.82, 2.24) is 19.8 Å². The van der Waals surface area contributed by atoms with E-state index in [1.165, 1.54) is 0 Å². The number of pyridine rings is 1. The van der Waals surface area contributed by atoms with E-state index in [4.69, 9.17) is 9.72 Å². The van der Waals surface area contributed by atoms with E-state index in [2.05, 4.69) is 67.1 Å². The summed E-state index contributed by atoms with van der Waals surface area (Å²) in [4.78, 5) is 21.0. The summed E-state index contributed by atoms with van der Waals surface area (Å²) in [6.07, 6.45) is 11.9. The minimum Gasteiger partial charge on any atom is -0.439 e. The average molecular weight is 471 g/mol. The van der Waals surface area contributed by atoms with E-state index in [0.29, 0.717) is 24.5 Å². The van der Waals surface area contributed by atoms with Crippen LogP contribution < -0.4 is 10.1 Å². The zero-order chi connectivity index (χ0) is 24.4. The molecular formula is C29H34N4O2. The third-order valence-electron chi connectivity index (χ3n) is 6.92. The molecule has 0 bridgehead atoms. The highest BCUT2D eigenvalue weighted by molar-refractivity contribution is 6.11. The summed E-state index contributed by atoms with van der Waals surface area (Å²) in [7, 11) is 0. The van der Waals surface area contributed by atoms with Gasteiger partial charge < -0.3 is 15.0 Å². The van der Waals surface area contributed by atoms with Crippen molar-refractivity contribution in [3.8, 4) is 11.6 Å². The van der Waals surface area contributed by atoms with Crippen molar-refractivity contribution in [2.45, 2.75) is 46.5 Å². The Labute approximate surface area is 207 Å². The van der Waals surface area contributed by atoms with Gasteiger partial charge in [-0.2, -0.15) is 0 Å². The summed E-state index contributed by atoms with van der Waals surface area (Å²) in [6.45, 7) is 9.24. The average Bonchev–Trinajstić information content (AvgIpc) is 3.22.